The van der Waals surface area contributed by atoms with Crippen LogP contribution >= 0.6 is 27.5 Å². The molecule has 0 spiro atoms. The lowest BCUT2D eigenvalue weighted by molar-refractivity contribution is 0.919. The highest BCUT2D eigenvalue weighted by Crippen LogP contribution is 2.39. The molecule has 1 aromatic carbocycles. The van der Waals surface area contributed by atoms with Gasteiger partial charge in [0.05, 0.1) is 0 Å². The Morgan fingerprint density at radius 3 is 2.56 bits per heavy atom. The summed E-state index contributed by atoms with van der Waals surface area (Å²) in [6.07, 6.45) is 2.38. The van der Waals surface area contributed by atoms with Crippen molar-refractivity contribution in [1.82, 2.24) is 9.97 Å². The summed E-state index contributed by atoms with van der Waals surface area (Å²) >= 11 is 9.28. The van der Waals surface area contributed by atoms with Gasteiger partial charge in [-0.2, -0.15) is 0 Å². The van der Waals surface area contributed by atoms with Crippen LogP contribution in [-0.4, -0.2) is 9.97 Å². The van der Waals surface area contributed by atoms with Crippen LogP contribution in [-0.2, 0) is 0 Å². The maximum absolute atomic E-state index is 5.85. The molecule has 0 saturated heterocycles. The molecule has 1 aliphatic rings. The minimum Gasteiger partial charge on any atom is -0.340 e. The monoisotopic (exact) mass is 323 g/mol. The van der Waals surface area contributed by atoms with Crippen molar-refractivity contribution in [2.45, 2.75) is 18.8 Å². The number of nitrogens with one attached hydrogen (secondary N) is 1. The van der Waals surface area contributed by atoms with Crippen molar-refractivity contribution in [2.75, 3.05) is 5.32 Å². The molecule has 1 aliphatic carbocycles. The first kappa shape index (κ1) is 11.9. The van der Waals surface area contributed by atoms with Gasteiger partial charge in [-0.25, -0.2) is 9.97 Å². The Morgan fingerprint density at radius 2 is 1.89 bits per heavy atom. The Kier molecular flexibility index (Phi) is 3.22. The molecule has 3 rings (SSSR count). The molecule has 0 radical (unpaired) electrons. The van der Waals surface area contributed by atoms with Crippen LogP contribution in [0.1, 0.15) is 24.6 Å². The van der Waals surface area contributed by atoms with Crippen molar-refractivity contribution in [3.05, 3.63) is 45.8 Å². The standard InChI is InChI=1S/C13H11BrClN3/c14-11-7-12(18-13(17-11)8-1-2-8)16-10-5-3-9(15)4-6-10/h3-8H,1-2H2,(H,16,17,18). The second-order valence-corrected chi connectivity index (χ2v) is 5.59. The number of hydrogen-bond donors (Lipinski definition) is 1. The van der Waals surface area contributed by atoms with E-state index in [1.807, 2.05) is 30.3 Å². The van der Waals surface area contributed by atoms with Gasteiger partial charge < -0.3 is 5.32 Å². The number of nitrogens with zero attached hydrogens (tertiary/aromatic N) is 2. The fourth-order valence-electron chi connectivity index (χ4n) is 1.70. The first-order chi connectivity index (χ1) is 8.70. The number of rotatable bonds is 3. The summed E-state index contributed by atoms with van der Waals surface area (Å²) in [4.78, 5) is 8.92. The minimum atomic E-state index is 0.535. The van der Waals surface area contributed by atoms with Gasteiger partial charge >= 0.3 is 0 Å². The van der Waals surface area contributed by atoms with Crippen LogP contribution in [0.4, 0.5) is 11.5 Å². The summed E-state index contributed by atoms with van der Waals surface area (Å²) in [5.74, 6) is 2.26. The second-order valence-electron chi connectivity index (χ2n) is 4.34. The van der Waals surface area contributed by atoms with Gasteiger partial charge in [-0.15, -0.1) is 0 Å². The Bertz CT molecular complexity index is 567. The molecule has 1 fully saturated rings. The Hall–Kier alpha value is -1.13. The number of hydrogen-bond acceptors (Lipinski definition) is 3. The van der Waals surface area contributed by atoms with E-state index in [9.17, 15) is 0 Å². The van der Waals surface area contributed by atoms with Crippen LogP contribution in [0.15, 0.2) is 34.9 Å². The van der Waals surface area contributed by atoms with Crippen LogP contribution in [0.2, 0.25) is 5.02 Å². The SMILES string of the molecule is Clc1ccc(Nc2cc(Br)nc(C3CC3)n2)cc1. The largest absolute Gasteiger partial charge is 0.340 e. The maximum atomic E-state index is 5.85. The molecule has 1 heterocycles. The Labute approximate surface area is 119 Å². The van der Waals surface area contributed by atoms with Crippen LogP contribution in [0.25, 0.3) is 0 Å². The topological polar surface area (TPSA) is 37.8 Å². The van der Waals surface area contributed by atoms with E-state index in [1.165, 1.54) is 12.8 Å². The smallest absolute Gasteiger partial charge is 0.135 e. The maximum Gasteiger partial charge on any atom is 0.135 e. The number of halogens is 2. The third-order valence-electron chi connectivity index (χ3n) is 2.77. The lowest BCUT2D eigenvalue weighted by Crippen LogP contribution is -1.99. The summed E-state index contributed by atoms with van der Waals surface area (Å²) in [6, 6.07) is 9.43. The predicted octanol–water partition coefficient (Wildman–Crippen LogP) is 4.51. The highest BCUT2D eigenvalue weighted by atomic mass is 79.9. The van der Waals surface area contributed by atoms with Gasteiger partial charge in [0, 0.05) is 22.7 Å². The lowest BCUT2D eigenvalue weighted by Gasteiger charge is -2.07. The summed E-state index contributed by atoms with van der Waals surface area (Å²) < 4.78 is 0.816. The molecule has 1 aromatic heterocycles. The summed E-state index contributed by atoms with van der Waals surface area (Å²) in [5, 5.41) is 3.98. The molecule has 18 heavy (non-hydrogen) atoms. The number of anilines is 2. The van der Waals surface area contributed by atoms with E-state index in [-0.39, 0.29) is 0 Å². The molecule has 0 atom stereocenters. The molecule has 3 nitrogen and oxygen atoms in total. The molecular formula is C13H11BrClN3. The zero-order chi connectivity index (χ0) is 12.5. The molecule has 0 unspecified atom stereocenters. The van der Waals surface area contributed by atoms with E-state index in [0.29, 0.717) is 5.92 Å². The van der Waals surface area contributed by atoms with E-state index in [0.717, 1.165) is 27.0 Å². The molecule has 1 N–H and O–H groups in total. The van der Waals surface area contributed by atoms with E-state index >= 15 is 0 Å². The van der Waals surface area contributed by atoms with Gasteiger partial charge in [0.15, 0.2) is 0 Å². The third kappa shape index (κ3) is 2.82. The van der Waals surface area contributed by atoms with Crippen LogP contribution in [0, 0.1) is 0 Å². The fourth-order valence-corrected chi connectivity index (χ4v) is 2.23. The van der Waals surface area contributed by atoms with Gasteiger partial charge in [-0.1, -0.05) is 11.6 Å². The van der Waals surface area contributed by atoms with Crippen molar-refractivity contribution >= 4 is 39.0 Å². The van der Waals surface area contributed by atoms with Crippen LogP contribution < -0.4 is 5.32 Å². The number of aromatic nitrogens is 2. The van der Waals surface area contributed by atoms with Gasteiger partial charge in [0.25, 0.3) is 0 Å². The highest BCUT2D eigenvalue weighted by Gasteiger charge is 2.27. The van der Waals surface area contributed by atoms with Crippen molar-refractivity contribution in [1.29, 1.82) is 0 Å². The first-order valence-electron chi connectivity index (χ1n) is 5.78. The summed E-state index contributed by atoms with van der Waals surface area (Å²) in [6.45, 7) is 0. The van der Waals surface area contributed by atoms with E-state index in [4.69, 9.17) is 11.6 Å². The normalized spacial score (nSPS) is 14.6. The quantitative estimate of drug-likeness (QED) is 0.844. The first-order valence-corrected chi connectivity index (χ1v) is 6.95. The van der Waals surface area contributed by atoms with Crippen LogP contribution in [0.3, 0.4) is 0 Å². The zero-order valence-electron chi connectivity index (χ0n) is 9.53. The highest BCUT2D eigenvalue weighted by molar-refractivity contribution is 9.10. The van der Waals surface area contributed by atoms with Crippen molar-refractivity contribution in [2.24, 2.45) is 0 Å². The Morgan fingerprint density at radius 1 is 1.17 bits per heavy atom. The van der Waals surface area contributed by atoms with E-state index in [1.54, 1.807) is 0 Å². The molecule has 92 valence electrons. The average molecular weight is 325 g/mol. The molecule has 5 heteroatoms. The van der Waals surface area contributed by atoms with Crippen molar-refractivity contribution < 1.29 is 0 Å². The zero-order valence-corrected chi connectivity index (χ0v) is 11.9. The van der Waals surface area contributed by atoms with Gasteiger partial charge in [0.2, 0.25) is 0 Å². The summed E-state index contributed by atoms with van der Waals surface area (Å²) in [5.41, 5.74) is 0.965. The van der Waals surface area contributed by atoms with Crippen LogP contribution in [0.5, 0.6) is 0 Å². The summed E-state index contributed by atoms with van der Waals surface area (Å²) in [7, 11) is 0. The molecular weight excluding hydrogens is 314 g/mol. The molecule has 0 amide bonds. The lowest BCUT2D eigenvalue weighted by atomic mass is 10.3. The van der Waals surface area contributed by atoms with Gasteiger partial charge in [-0.3, -0.25) is 0 Å². The average Bonchev–Trinajstić information content (AvgIpc) is 3.15. The molecule has 0 aliphatic heterocycles. The van der Waals surface area contributed by atoms with Crippen molar-refractivity contribution in [3.8, 4) is 0 Å². The van der Waals surface area contributed by atoms with Crippen molar-refractivity contribution in [3.63, 3.8) is 0 Å². The minimum absolute atomic E-state index is 0.535. The molecule has 1 saturated carbocycles. The molecule has 2 aromatic rings. The van der Waals surface area contributed by atoms with E-state index < -0.39 is 0 Å². The van der Waals surface area contributed by atoms with Gasteiger partial charge in [0.1, 0.15) is 16.2 Å². The Balaban J connectivity index is 1.85. The predicted molar refractivity (Wildman–Crippen MR) is 76.4 cm³/mol. The third-order valence-corrected chi connectivity index (χ3v) is 3.43. The fraction of sp³-hybridized carbons (Fsp3) is 0.231. The molecule has 0 bridgehead atoms. The number of benzene rings is 1. The van der Waals surface area contributed by atoms with E-state index in [2.05, 4.69) is 31.2 Å². The van der Waals surface area contributed by atoms with Gasteiger partial charge in [-0.05, 0) is 53.0 Å². The second kappa shape index (κ2) is 4.86.